The lowest BCUT2D eigenvalue weighted by atomic mass is 10.1. The second-order valence-electron chi connectivity index (χ2n) is 3.86. The van der Waals surface area contributed by atoms with Crippen LogP contribution in [0.2, 0.25) is 5.02 Å². The highest BCUT2D eigenvalue weighted by Gasteiger charge is 2.09. The average molecular weight is 264 g/mol. The SMILES string of the molecule is CNc1ccc(-c2cc(Cl)c(OC)cc2C)nn1. The Balaban J connectivity index is 2.46. The van der Waals surface area contributed by atoms with Crippen molar-refractivity contribution in [2.75, 3.05) is 19.5 Å². The Kier molecular flexibility index (Phi) is 3.67. The highest BCUT2D eigenvalue weighted by atomic mass is 35.5. The Morgan fingerprint density at radius 3 is 2.56 bits per heavy atom. The molecule has 0 aliphatic rings. The summed E-state index contributed by atoms with van der Waals surface area (Å²) in [6.45, 7) is 1.99. The highest BCUT2D eigenvalue weighted by molar-refractivity contribution is 6.32. The third kappa shape index (κ3) is 2.38. The summed E-state index contributed by atoms with van der Waals surface area (Å²) in [5, 5.41) is 11.7. The van der Waals surface area contributed by atoms with Crippen LogP contribution in [0.5, 0.6) is 5.75 Å². The van der Waals surface area contributed by atoms with Gasteiger partial charge in [-0.1, -0.05) is 11.6 Å². The van der Waals surface area contributed by atoms with Crippen LogP contribution in [0.1, 0.15) is 5.56 Å². The largest absolute Gasteiger partial charge is 0.495 e. The van der Waals surface area contributed by atoms with Crippen molar-refractivity contribution < 1.29 is 4.74 Å². The van der Waals surface area contributed by atoms with Gasteiger partial charge < -0.3 is 10.1 Å². The first-order chi connectivity index (χ1) is 8.65. The van der Waals surface area contributed by atoms with Gasteiger partial charge in [-0.05, 0) is 36.8 Å². The van der Waals surface area contributed by atoms with Gasteiger partial charge in [-0.25, -0.2) is 0 Å². The summed E-state index contributed by atoms with van der Waals surface area (Å²) in [6, 6.07) is 7.52. The number of rotatable bonds is 3. The van der Waals surface area contributed by atoms with Gasteiger partial charge in [0, 0.05) is 12.6 Å². The van der Waals surface area contributed by atoms with Crippen LogP contribution in [0, 0.1) is 6.92 Å². The Labute approximate surface area is 111 Å². The third-order valence-electron chi connectivity index (χ3n) is 2.70. The van der Waals surface area contributed by atoms with Crippen LogP contribution in [-0.4, -0.2) is 24.4 Å². The summed E-state index contributed by atoms with van der Waals surface area (Å²) in [5.74, 6) is 1.40. The van der Waals surface area contributed by atoms with Gasteiger partial charge in [-0.15, -0.1) is 10.2 Å². The molecule has 0 amide bonds. The molecule has 0 atom stereocenters. The predicted octanol–water partition coefficient (Wildman–Crippen LogP) is 3.16. The van der Waals surface area contributed by atoms with Gasteiger partial charge in [0.2, 0.25) is 0 Å². The zero-order chi connectivity index (χ0) is 13.1. The quantitative estimate of drug-likeness (QED) is 0.924. The number of aromatic nitrogens is 2. The van der Waals surface area contributed by atoms with Gasteiger partial charge in [0.15, 0.2) is 0 Å². The van der Waals surface area contributed by atoms with E-state index in [4.69, 9.17) is 16.3 Å². The van der Waals surface area contributed by atoms with Crippen LogP contribution in [-0.2, 0) is 0 Å². The zero-order valence-corrected chi connectivity index (χ0v) is 11.2. The molecular formula is C13H14ClN3O. The molecule has 0 saturated carbocycles. The van der Waals surface area contributed by atoms with Crippen LogP contribution < -0.4 is 10.1 Å². The maximum Gasteiger partial charge on any atom is 0.148 e. The van der Waals surface area contributed by atoms with Gasteiger partial charge in [0.1, 0.15) is 11.6 Å². The number of nitrogens with one attached hydrogen (secondary N) is 1. The topological polar surface area (TPSA) is 47.0 Å². The molecule has 0 aliphatic carbocycles. The maximum atomic E-state index is 6.12. The molecule has 0 saturated heterocycles. The zero-order valence-electron chi connectivity index (χ0n) is 10.5. The first-order valence-corrected chi connectivity index (χ1v) is 5.89. The van der Waals surface area contributed by atoms with Crippen molar-refractivity contribution in [2.24, 2.45) is 0 Å². The van der Waals surface area contributed by atoms with E-state index in [9.17, 15) is 0 Å². The van der Waals surface area contributed by atoms with Gasteiger partial charge in [0.25, 0.3) is 0 Å². The molecule has 2 aromatic rings. The fourth-order valence-corrected chi connectivity index (χ4v) is 1.94. The smallest absolute Gasteiger partial charge is 0.148 e. The molecule has 0 radical (unpaired) electrons. The number of methoxy groups -OCH3 is 1. The molecule has 4 nitrogen and oxygen atoms in total. The van der Waals surface area contributed by atoms with Crippen molar-refractivity contribution in [3.05, 3.63) is 34.9 Å². The number of ether oxygens (including phenoxy) is 1. The Hall–Kier alpha value is -1.81. The van der Waals surface area contributed by atoms with Gasteiger partial charge in [-0.2, -0.15) is 0 Å². The van der Waals surface area contributed by atoms with Crippen molar-refractivity contribution in [3.8, 4) is 17.0 Å². The van der Waals surface area contributed by atoms with Crippen LogP contribution in [0.25, 0.3) is 11.3 Å². The predicted molar refractivity (Wildman–Crippen MR) is 73.3 cm³/mol. The van der Waals surface area contributed by atoms with E-state index in [2.05, 4.69) is 15.5 Å². The standard InChI is InChI=1S/C13H14ClN3O/c1-8-6-12(18-3)10(14)7-9(8)11-4-5-13(15-2)17-16-11/h4-7H,1-3H3,(H,15,17). The van der Waals surface area contributed by atoms with Crippen LogP contribution in [0.4, 0.5) is 5.82 Å². The molecule has 0 fully saturated rings. The second kappa shape index (κ2) is 5.23. The molecule has 1 heterocycles. The lowest BCUT2D eigenvalue weighted by Crippen LogP contribution is -1.96. The highest BCUT2D eigenvalue weighted by Crippen LogP contribution is 2.32. The van der Waals surface area contributed by atoms with Crippen molar-refractivity contribution in [1.29, 1.82) is 0 Å². The van der Waals surface area contributed by atoms with E-state index in [1.807, 2.05) is 31.2 Å². The fourth-order valence-electron chi connectivity index (χ4n) is 1.70. The van der Waals surface area contributed by atoms with Crippen molar-refractivity contribution in [1.82, 2.24) is 10.2 Å². The van der Waals surface area contributed by atoms with E-state index in [1.165, 1.54) is 0 Å². The Bertz CT molecular complexity index is 555. The summed E-state index contributed by atoms with van der Waals surface area (Å²) in [7, 11) is 3.40. The molecule has 0 bridgehead atoms. The average Bonchev–Trinajstić information content (AvgIpc) is 2.41. The van der Waals surface area contributed by atoms with Crippen LogP contribution in [0.15, 0.2) is 24.3 Å². The molecule has 1 aromatic carbocycles. The molecule has 2 rings (SSSR count). The van der Waals surface area contributed by atoms with Gasteiger partial charge >= 0.3 is 0 Å². The molecule has 5 heteroatoms. The number of nitrogens with zero attached hydrogens (tertiary/aromatic N) is 2. The molecule has 0 spiro atoms. The van der Waals surface area contributed by atoms with Gasteiger partial charge in [0.05, 0.1) is 17.8 Å². The van der Waals surface area contributed by atoms with Gasteiger partial charge in [-0.3, -0.25) is 0 Å². The molecule has 0 aliphatic heterocycles. The van der Waals surface area contributed by atoms with Crippen molar-refractivity contribution >= 4 is 17.4 Å². The first kappa shape index (κ1) is 12.6. The summed E-state index contributed by atoms with van der Waals surface area (Å²) in [6.07, 6.45) is 0. The number of benzene rings is 1. The first-order valence-electron chi connectivity index (χ1n) is 5.51. The minimum atomic E-state index is 0.567. The summed E-state index contributed by atoms with van der Waals surface area (Å²) in [4.78, 5) is 0. The maximum absolute atomic E-state index is 6.12. The van der Waals surface area contributed by atoms with Crippen molar-refractivity contribution in [3.63, 3.8) is 0 Å². The number of halogens is 1. The molecule has 0 unspecified atom stereocenters. The van der Waals surface area contributed by atoms with E-state index in [0.29, 0.717) is 10.8 Å². The lowest BCUT2D eigenvalue weighted by molar-refractivity contribution is 0.415. The normalized spacial score (nSPS) is 10.2. The van der Waals surface area contributed by atoms with E-state index >= 15 is 0 Å². The Morgan fingerprint density at radius 1 is 1.22 bits per heavy atom. The van der Waals surface area contributed by atoms with Crippen LogP contribution in [0.3, 0.4) is 0 Å². The lowest BCUT2D eigenvalue weighted by Gasteiger charge is -2.09. The number of hydrogen-bond acceptors (Lipinski definition) is 4. The molecule has 18 heavy (non-hydrogen) atoms. The minimum Gasteiger partial charge on any atom is -0.495 e. The van der Waals surface area contributed by atoms with E-state index in [1.54, 1.807) is 14.2 Å². The third-order valence-corrected chi connectivity index (χ3v) is 2.99. The molecular weight excluding hydrogens is 250 g/mol. The monoisotopic (exact) mass is 263 g/mol. The second-order valence-corrected chi connectivity index (χ2v) is 4.26. The number of hydrogen-bond donors (Lipinski definition) is 1. The molecule has 1 N–H and O–H groups in total. The van der Waals surface area contributed by atoms with Crippen LogP contribution >= 0.6 is 11.6 Å². The fraction of sp³-hybridized carbons (Fsp3) is 0.231. The van der Waals surface area contributed by atoms with Crippen molar-refractivity contribution in [2.45, 2.75) is 6.92 Å². The van der Waals surface area contributed by atoms with E-state index < -0.39 is 0 Å². The molecule has 94 valence electrons. The van der Waals surface area contributed by atoms with E-state index in [0.717, 1.165) is 22.6 Å². The minimum absolute atomic E-state index is 0.567. The number of aryl methyl sites for hydroxylation is 1. The summed E-state index contributed by atoms with van der Waals surface area (Å²) >= 11 is 6.12. The summed E-state index contributed by atoms with van der Waals surface area (Å²) in [5.41, 5.74) is 2.79. The Morgan fingerprint density at radius 2 is 2.00 bits per heavy atom. The summed E-state index contributed by atoms with van der Waals surface area (Å²) < 4.78 is 5.18. The number of anilines is 1. The molecule has 1 aromatic heterocycles. The van der Waals surface area contributed by atoms with E-state index in [-0.39, 0.29) is 0 Å².